The van der Waals surface area contributed by atoms with Gasteiger partial charge in [-0.1, -0.05) is 25.0 Å². The van der Waals surface area contributed by atoms with Crippen LogP contribution in [0.25, 0.3) is 22.2 Å². The lowest BCUT2D eigenvalue weighted by Gasteiger charge is -2.44. The highest BCUT2D eigenvalue weighted by molar-refractivity contribution is 7.92. The van der Waals surface area contributed by atoms with Crippen LogP contribution in [0, 0.1) is 11.7 Å². The highest BCUT2D eigenvalue weighted by Crippen LogP contribution is 2.37. The number of rotatable bonds is 7. The Labute approximate surface area is 246 Å². The topological polar surface area (TPSA) is 97.3 Å². The molecule has 1 aliphatic carbocycles. The summed E-state index contributed by atoms with van der Waals surface area (Å²) in [6, 6.07) is 14.3. The van der Waals surface area contributed by atoms with Crippen molar-refractivity contribution in [1.82, 2.24) is 19.4 Å². The lowest BCUT2D eigenvalue weighted by atomic mass is 9.96. The molecule has 2 aromatic carbocycles. The predicted octanol–water partition coefficient (Wildman–Crippen LogP) is 5.31. The number of hydrogen-bond donors (Lipinski definition) is 1. The van der Waals surface area contributed by atoms with Gasteiger partial charge in [0.2, 0.25) is 0 Å². The Hall–Kier alpha value is -3.50. The number of nitrogens with zero attached hydrogens (tertiary/aromatic N) is 5. The molecule has 4 aromatic rings. The summed E-state index contributed by atoms with van der Waals surface area (Å²) in [5.41, 5.74) is 10.1. The smallest absolute Gasteiger partial charge is 0.181 e. The molecule has 4 heterocycles. The van der Waals surface area contributed by atoms with E-state index in [1.54, 1.807) is 24.3 Å². The van der Waals surface area contributed by atoms with Crippen molar-refractivity contribution < 1.29 is 12.8 Å². The van der Waals surface area contributed by atoms with Crippen LogP contribution < -0.4 is 10.6 Å². The molecular formula is C32H37FN6O2S. The molecule has 1 saturated carbocycles. The third-order valence-corrected chi connectivity index (χ3v) is 11.8. The first kappa shape index (κ1) is 27.3. The third-order valence-electron chi connectivity index (χ3n) is 9.49. The first-order valence-electron chi connectivity index (χ1n) is 15.0. The average molecular weight is 589 g/mol. The van der Waals surface area contributed by atoms with Crippen molar-refractivity contribution in [2.45, 2.75) is 54.7 Å². The molecule has 7 rings (SSSR count). The zero-order chi connectivity index (χ0) is 28.8. The number of aromatic nitrogens is 3. The van der Waals surface area contributed by atoms with Crippen LogP contribution in [0.5, 0.6) is 0 Å². The fourth-order valence-electron chi connectivity index (χ4n) is 7.11. The van der Waals surface area contributed by atoms with Gasteiger partial charge < -0.3 is 20.1 Å². The average Bonchev–Trinajstić information content (AvgIpc) is 3.66. The van der Waals surface area contributed by atoms with Crippen molar-refractivity contribution >= 4 is 32.4 Å². The van der Waals surface area contributed by atoms with E-state index in [2.05, 4.69) is 30.5 Å². The second-order valence-electron chi connectivity index (χ2n) is 12.2. The number of likely N-dealkylation sites (tertiary alicyclic amines) is 1. The van der Waals surface area contributed by atoms with Crippen molar-refractivity contribution in [1.29, 1.82) is 0 Å². The van der Waals surface area contributed by atoms with Crippen LogP contribution in [0.3, 0.4) is 0 Å². The summed E-state index contributed by atoms with van der Waals surface area (Å²) >= 11 is 0. The minimum Gasteiger partial charge on any atom is -0.383 e. The number of fused-ring (bicyclic) bond motifs is 1. The predicted molar refractivity (Wildman–Crippen MR) is 164 cm³/mol. The number of anilines is 2. The van der Waals surface area contributed by atoms with E-state index in [-0.39, 0.29) is 11.1 Å². The molecule has 0 radical (unpaired) electrons. The van der Waals surface area contributed by atoms with Crippen LogP contribution in [0.2, 0.25) is 0 Å². The molecule has 0 bridgehead atoms. The van der Waals surface area contributed by atoms with Gasteiger partial charge in [-0.25, -0.2) is 22.8 Å². The summed E-state index contributed by atoms with van der Waals surface area (Å²) in [5.74, 6) is 0.778. The van der Waals surface area contributed by atoms with Crippen molar-refractivity contribution in [2.24, 2.45) is 5.92 Å². The van der Waals surface area contributed by atoms with Crippen molar-refractivity contribution in [3.63, 3.8) is 0 Å². The summed E-state index contributed by atoms with van der Waals surface area (Å²) < 4.78 is 41.6. The van der Waals surface area contributed by atoms with Crippen LogP contribution in [-0.4, -0.2) is 65.8 Å². The normalized spacial score (nSPS) is 19.5. The first-order valence-corrected chi connectivity index (χ1v) is 16.6. The molecule has 220 valence electrons. The maximum absolute atomic E-state index is 13.6. The lowest BCUT2D eigenvalue weighted by molar-refractivity contribution is 0.153. The standard InChI is InChI=1S/C32H37FN6O2S/c33-24-7-5-23(6-8-24)29-20-39(32-30(29)31(34)35-21-36-32)26-13-15-37(16-14-26)17-22-18-38(19-22)25-9-11-28(12-10-25)42(40,41)27-3-1-2-4-27/h5-12,20-22,26-27H,1-4,13-19H2,(H2,34,35,36). The van der Waals surface area contributed by atoms with Gasteiger partial charge in [0.1, 0.15) is 23.6 Å². The fourth-order valence-corrected chi connectivity index (χ4v) is 8.97. The molecule has 2 aliphatic heterocycles. The zero-order valence-corrected chi connectivity index (χ0v) is 24.5. The molecule has 8 nitrogen and oxygen atoms in total. The Kier molecular flexibility index (Phi) is 7.14. The number of piperidine rings is 1. The second kappa shape index (κ2) is 11.0. The summed E-state index contributed by atoms with van der Waals surface area (Å²) in [5, 5.41) is 0.616. The van der Waals surface area contributed by atoms with Crippen molar-refractivity contribution in [3.8, 4) is 11.1 Å². The van der Waals surface area contributed by atoms with Gasteiger partial charge in [0.15, 0.2) is 9.84 Å². The Balaban J connectivity index is 0.957. The summed E-state index contributed by atoms with van der Waals surface area (Å²) in [7, 11) is -3.21. The second-order valence-corrected chi connectivity index (χ2v) is 14.4. The van der Waals surface area contributed by atoms with E-state index in [0.717, 1.165) is 99.1 Å². The maximum atomic E-state index is 13.6. The molecule has 42 heavy (non-hydrogen) atoms. The summed E-state index contributed by atoms with van der Waals surface area (Å²) in [4.78, 5) is 14.2. The number of nitrogen functional groups attached to an aromatic ring is 1. The lowest BCUT2D eigenvalue weighted by Crippen LogP contribution is -2.52. The molecule has 3 fully saturated rings. The molecule has 2 N–H and O–H groups in total. The van der Waals surface area contributed by atoms with E-state index in [4.69, 9.17) is 5.73 Å². The Morgan fingerprint density at radius 1 is 0.905 bits per heavy atom. The first-order chi connectivity index (χ1) is 20.4. The van der Waals surface area contributed by atoms with Gasteiger partial charge in [0.25, 0.3) is 0 Å². The van der Waals surface area contributed by atoms with E-state index < -0.39 is 9.84 Å². The van der Waals surface area contributed by atoms with Crippen LogP contribution in [0.1, 0.15) is 44.6 Å². The monoisotopic (exact) mass is 588 g/mol. The van der Waals surface area contributed by atoms with Crippen LogP contribution >= 0.6 is 0 Å². The third kappa shape index (κ3) is 5.04. The van der Waals surface area contributed by atoms with Crippen molar-refractivity contribution in [2.75, 3.05) is 43.4 Å². The number of hydrogen-bond acceptors (Lipinski definition) is 7. The SMILES string of the molecule is Nc1ncnc2c1c(-c1ccc(F)cc1)cn2C1CCN(CC2CN(c3ccc(S(=O)(=O)C4CCCC4)cc3)C2)CC1. The number of nitrogens with two attached hydrogens (primary N) is 1. The van der Waals surface area contributed by atoms with Crippen molar-refractivity contribution in [3.05, 3.63) is 66.9 Å². The summed E-state index contributed by atoms with van der Waals surface area (Å²) in [6.45, 7) is 5.09. The van der Waals surface area contributed by atoms with Gasteiger partial charge in [-0.2, -0.15) is 0 Å². The zero-order valence-electron chi connectivity index (χ0n) is 23.7. The molecule has 2 saturated heterocycles. The summed E-state index contributed by atoms with van der Waals surface area (Å²) in [6.07, 6.45) is 9.27. The molecule has 3 aliphatic rings. The Morgan fingerprint density at radius 2 is 1.60 bits per heavy atom. The number of halogens is 1. The van der Waals surface area contributed by atoms with E-state index in [1.807, 2.05) is 12.1 Å². The van der Waals surface area contributed by atoms with Gasteiger partial charge in [-0.15, -0.1) is 0 Å². The van der Waals surface area contributed by atoms with E-state index >= 15 is 0 Å². The molecule has 10 heteroatoms. The minimum absolute atomic E-state index is 0.208. The fraction of sp³-hybridized carbons (Fsp3) is 0.438. The van der Waals surface area contributed by atoms with Crippen LogP contribution in [0.4, 0.5) is 15.9 Å². The van der Waals surface area contributed by atoms with E-state index in [1.165, 1.54) is 18.5 Å². The highest BCUT2D eigenvalue weighted by atomic mass is 32.2. The van der Waals surface area contributed by atoms with E-state index in [9.17, 15) is 12.8 Å². The molecule has 0 spiro atoms. The Bertz CT molecular complexity index is 1670. The van der Waals surface area contributed by atoms with Gasteiger partial charge >= 0.3 is 0 Å². The molecule has 0 atom stereocenters. The number of benzene rings is 2. The Morgan fingerprint density at radius 3 is 2.29 bits per heavy atom. The van der Waals surface area contributed by atoms with Crippen LogP contribution in [0.15, 0.2) is 66.0 Å². The van der Waals surface area contributed by atoms with Gasteiger partial charge in [0.05, 0.1) is 15.5 Å². The van der Waals surface area contributed by atoms with Gasteiger partial charge in [-0.05, 0) is 67.6 Å². The maximum Gasteiger partial charge on any atom is 0.181 e. The number of sulfone groups is 1. The van der Waals surface area contributed by atoms with Crippen LogP contribution in [-0.2, 0) is 9.84 Å². The van der Waals surface area contributed by atoms with E-state index in [0.29, 0.717) is 22.7 Å². The molecule has 2 aromatic heterocycles. The molecular weight excluding hydrogens is 551 g/mol. The molecule has 0 amide bonds. The highest BCUT2D eigenvalue weighted by Gasteiger charge is 2.33. The largest absolute Gasteiger partial charge is 0.383 e. The van der Waals surface area contributed by atoms with Gasteiger partial charge in [0, 0.05) is 62.1 Å². The quantitative estimate of drug-likeness (QED) is 0.313. The minimum atomic E-state index is -3.21. The van der Waals surface area contributed by atoms with Gasteiger partial charge in [-0.3, -0.25) is 0 Å². The molecule has 0 unspecified atom stereocenters.